The van der Waals surface area contributed by atoms with Crippen molar-refractivity contribution in [3.05, 3.63) is 24.3 Å². The van der Waals surface area contributed by atoms with E-state index >= 15 is 0 Å². The molecule has 1 aromatic rings. The van der Waals surface area contributed by atoms with Gasteiger partial charge >= 0.3 is 12.6 Å². The number of carbonyl (C=O) groups excluding carboxylic acids is 1. The number of nitrogens with one attached hydrogen (secondary N) is 2. The number of halogens is 2. The number of nitrogens with zero attached hydrogens (tertiary/aromatic N) is 1. The van der Waals surface area contributed by atoms with Gasteiger partial charge in [-0.25, -0.2) is 17.5 Å². The van der Waals surface area contributed by atoms with E-state index in [1.807, 2.05) is 0 Å². The lowest BCUT2D eigenvalue weighted by Crippen LogP contribution is -2.34. The summed E-state index contributed by atoms with van der Waals surface area (Å²) in [5.74, 6) is -0.0387. The first-order chi connectivity index (χ1) is 11.2. The first-order valence-corrected chi connectivity index (χ1v) is 8.89. The second-order valence-corrected chi connectivity index (χ2v) is 7.23. The minimum atomic E-state index is -3.23. The van der Waals surface area contributed by atoms with Crippen LogP contribution in [-0.4, -0.2) is 51.3 Å². The van der Waals surface area contributed by atoms with E-state index in [1.165, 1.54) is 35.6 Å². The average Bonchev–Trinajstić information content (AvgIpc) is 2.51. The summed E-state index contributed by atoms with van der Waals surface area (Å²) in [7, 11) is -1.75. The van der Waals surface area contributed by atoms with Crippen molar-refractivity contribution < 1.29 is 26.7 Å². The highest BCUT2D eigenvalue weighted by Gasteiger charge is 2.14. The first kappa shape index (κ1) is 20.1. The summed E-state index contributed by atoms with van der Waals surface area (Å²) < 4.78 is 52.8. The number of ether oxygens (including phenoxy) is 1. The van der Waals surface area contributed by atoms with Gasteiger partial charge < -0.3 is 15.4 Å². The molecule has 0 spiro atoms. The molecule has 0 saturated heterocycles. The van der Waals surface area contributed by atoms with Gasteiger partial charge in [0, 0.05) is 31.9 Å². The summed E-state index contributed by atoms with van der Waals surface area (Å²) in [5, 5.41) is 5.03. The Morgan fingerprint density at radius 2 is 2.08 bits per heavy atom. The van der Waals surface area contributed by atoms with Crippen molar-refractivity contribution in [2.24, 2.45) is 0 Å². The molecule has 24 heavy (non-hydrogen) atoms. The number of urea groups is 1. The van der Waals surface area contributed by atoms with E-state index in [1.54, 1.807) is 6.92 Å². The fourth-order valence-corrected chi connectivity index (χ4v) is 2.64. The van der Waals surface area contributed by atoms with Gasteiger partial charge in [0.15, 0.2) is 0 Å². The van der Waals surface area contributed by atoms with Crippen LogP contribution in [0.3, 0.4) is 0 Å². The van der Waals surface area contributed by atoms with Crippen LogP contribution in [0.25, 0.3) is 0 Å². The Morgan fingerprint density at radius 1 is 1.38 bits per heavy atom. The van der Waals surface area contributed by atoms with Crippen molar-refractivity contribution >= 4 is 21.7 Å². The van der Waals surface area contributed by atoms with E-state index in [4.69, 9.17) is 0 Å². The van der Waals surface area contributed by atoms with Crippen molar-refractivity contribution in [3.63, 3.8) is 0 Å². The van der Waals surface area contributed by atoms with Gasteiger partial charge in [-0.1, -0.05) is 6.07 Å². The summed E-state index contributed by atoms with van der Waals surface area (Å²) in [6, 6.07) is 5.09. The zero-order valence-corrected chi connectivity index (χ0v) is 14.3. The molecule has 7 nitrogen and oxygen atoms in total. The molecule has 0 aliphatic rings. The van der Waals surface area contributed by atoms with Crippen LogP contribution < -0.4 is 15.4 Å². The molecular formula is C14H21F2N3O4S. The van der Waals surface area contributed by atoms with Crippen molar-refractivity contribution in [2.45, 2.75) is 20.0 Å². The van der Waals surface area contributed by atoms with Gasteiger partial charge in [-0.2, -0.15) is 8.78 Å². The van der Waals surface area contributed by atoms with Crippen molar-refractivity contribution in [2.75, 3.05) is 31.2 Å². The van der Waals surface area contributed by atoms with Gasteiger partial charge in [-0.3, -0.25) is 0 Å². The molecule has 0 heterocycles. The Morgan fingerprint density at radius 3 is 2.71 bits per heavy atom. The topological polar surface area (TPSA) is 87.7 Å². The summed E-state index contributed by atoms with van der Waals surface area (Å²) in [6.45, 7) is -0.828. The minimum absolute atomic E-state index is 0.0223. The molecule has 0 aromatic heterocycles. The van der Waals surface area contributed by atoms with E-state index < -0.39 is 22.7 Å². The third kappa shape index (κ3) is 7.09. The molecule has 0 bridgehead atoms. The van der Waals surface area contributed by atoms with Crippen LogP contribution in [0.5, 0.6) is 5.75 Å². The lowest BCUT2D eigenvalue weighted by molar-refractivity contribution is -0.0498. The maximum absolute atomic E-state index is 12.1. The van der Waals surface area contributed by atoms with Crippen LogP contribution in [0.2, 0.25) is 0 Å². The van der Waals surface area contributed by atoms with Gasteiger partial charge in [0.1, 0.15) is 5.75 Å². The van der Waals surface area contributed by atoms with Crippen molar-refractivity contribution in [3.8, 4) is 5.75 Å². The molecular weight excluding hydrogens is 344 g/mol. The Hall–Kier alpha value is -1.94. The maximum Gasteiger partial charge on any atom is 0.387 e. The Labute approximate surface area is 140 Å². The number of amides is 2. The van der Waals surface area contributed by atoms with Crippen LogP contribution in [0, 0.1) is 0 Å². The summed E-state index contributed by atoms with van der Waals surface area (Å²) in [4.78, 5) is 11.7. The molecule has 0 radical (unpaired) electrons. The highest BCUT2D eigenvalue weighted by molar-refractivity contribution is 7.89. The molecule has 1 rings (SSSR count). The Kier molecular flexibility index (Phi) is 7.86. The number of hydrogen-bond acceptors (Lipinski definition) is 4. The van der Waals surface area contributed by atoms with Crippen LogP contribution in [0.1, 0.15) is 13.3 Å². The number of carbonyl (C=O) groups is 1. The second kappa shape index (κ2) is 9.38. The van der Waals surface area contributed by atoms with Gasteiger partial charge in [-0.05, 0) is 25.5 Å². The van der Waals surface area contributed by atoms with Gasteiger partial charge in [0.25, 0.3) is 0 Å². The second-order valence-electron chi connectivity index (χ2n) is 4.86. The van der Waals surface area contributed by atoms with Crippen LogP contribution in [-0.2, 0) is 10.0 Å². The number of rotatable bonds is 9. The molecule has 0 atom stereocenters. The predicted octanol–water partition coefficient (Wildman–Crippen LogP) is 2.08. The van der Waals surface area contributed by atoms with Crippen LogP contribution >= 0.6 is 0 Å². The SMILES string of the molecule is CCS(=O)(=O)N(C)CCCNC(=O)Nc1cccc(OC(F)F)c1. The maximum atomic E-state index is 12.1. The third-order valence-electron chi connectivity index (χ3n) is 3.09. The number of sulfonamides is 1. The molecule has 0 fully saturated rings. The van der Waals surface area contributed by atoms with Crippen molar-refractivity contribution in [1.29, 1.82) is 0 Å². The number of hydrogen-bond donors (Lipinski definition) is 2. The molecule has 10 heteroatoms. The minimum Gasteiger partial charge on any atom is -0.435 e. The monoisotopic (exact) mass is 365 g/mol. The smallest absolute Gasteiger partial charge is 0.387 e. The van der Waals surface area contributed by atoms with Crippen LogP contribution in [0.4, 0.5) is 19.3 Å². The predicted molar refractivity (Wildman–Crippen MR) is 86.8 cm³/mol. The van der Waals surface area contributed by atoms with Crippen molar-refractivity contribution in [1.82, 2.24) is 9.62 Å². The number of benzene rings is 1. The van der Waals surface area contributed by atoms with E-state index in [0.717, 1.165) is 0 Å². The largest absolute Gasteiger partial charge is 0.435 e. The molecule has 1 aromatic carbocycles. The summed E-state index contributed by atoms with van der Waals surface area (Å²) in [5.41, 5.74) is 0.302. The van der Waals surface area contributed by atoms with Gasteiger partial charge in [0.2, 0.25) is 10.0 Å². The summed E-state index contributed by atoms with van der Waals surface area (Å²) >= 11 is 0. The first-order valence-electron chi connectivity index (χ1n) is 7.28. The quantitative estimate of drug-likeness (QED) is 0.656. The van der Waals surface area contributed by atoms with E-state index in [-0.39, 0.29) is 24.6 Å². The third-order valence-corrected chi connectivity index (χ3v) is 4.95. The fraction of sp³-hybridized carbons (Fsp3) is 0.500. The zero-order valence-electron chi connectivity index (χ0n) is 13.5. The molecule has 0 aliphatic carbocycles. The Bertz CT molecular complexity index is 641. The number of anilines is 1. The Balaban J connectivity index is 2.37. The van der Waals surface area contributed by atoms with E-state index in [2.05, 4.69) is 15.4 Å². The normalized spacial score (nSPS) is 11.6. The zero-order chi connectivity index (χ0) is 18.2. The van der Waals surface area contributed by atoms with Crippen LogP contribution in [0.15, 0.2) is 24.3 Å². The molecule has 0 saturated carbocycles. The van der Waals surface area contributed by atoms with E-state index in [9.17, 15) is 22.0 Å². The molecule has 0 aliphatic heterocycles. The highest BCUT2D eigenvalue weighted by Crippen LogP contribution is 2.19. The standard InChI is InChI=1S/C14H21F2N3O4S/c1-3-24(21,22)19(2)9-5-8-17-14(20)18-11-6-4-7-12(10-11)23-13(15)16/h4,6-7,10,13H,3,5,8-9H2,1-2H3,(H2,17,18,20). The molecule has 136 valence electrons. The lowest BCUT2D eigenvalue weighted by atomic mass is 10.3. The van der Waals surface area contributed by atoms with Gasteiger partial charge in [0.05, 0.1) is 5.75 Å². The average molecular weight is 365 g/mol. The summed E-state index contributed by atoms with van der Waals surface area (Å²) in [6.07, 6.45) is 0.442. The number of alkyl halides is 2. The van der Waals surface area contributed by atoms with E-state index in [0.29, 0.717) is 12.1 Å². The molecule has 2 amide bonds. The molecule has 2 N–H and O–H groups in total. The molecule has 0 unspecified atom stereocenters. The van der Waals surface area contributed by atoms with Gasteiger partial charge in [-0.15, -0.1) is 0 Å². The highest BCUT2D eigenvalue weighted by atomic mass is 32.2. The lowest BCUT2D eigenvalue weighted by Gasteiger charge is -2.16. The fourth-order valence-electron chi connectivity index (χ4n) is 1.79.